The Bertz CT molecular complexity index is 567. The highest BCUT2D eigenvalue weighted by atomic mass is 19.4. The Kier molecular flexibility index (Phi) is 3.11. The van der Waals surface area contributed by atoms with Crippen molar-refractivity contribution in [2.45, 2.75) is 32.6 Å². The van der Waals surface area contributed by atoms with Crippen molar-refractivity contribution < 1.29 is 13.2 Å². The van der Waals surface area contributed by atoms with Gasteiger partial charge in [-0.25, -0.2) is 0 Å². The first-order chi connectivity index (χ1) is 8.34. The molecule has 0 aliphatic heterocycles. The largest absolute Gasteiger partial charge is 0.416 e. The van der Waals surface area contributed by atoms with Crippen LogP contribution in [0.5, 0.6) is 0 Å². The Morgan fingerprint density at radius 3 is 2.50 bits per heavy atom. The van der Waals surface area contributed by atoms with Crippen LogP contribution in [-0.4, -0.2) is 4.57 Å². The molecule has 0 amide bonds. The highest BCUT2D eigenvalue weighted by Gasteiger charge is 2.31. The topological polar surface area (TPSA) is 30.9 Å². The molecule has 0 radical (unpaired) electrons. The second-order valence-electron chi connectivity index (χ2n) is 4.39. The van der Waals surface area contributed by atoms with Gasteiger partial charge in [0.2, 0.25) is 0 Å². The van der Waals surface area contributed by atoms with Gasteiger partial charge in [0.15, 0.2) is 0 Å². The third-order valence-electron chi connectivity index (χ3n) is 3.07. The van der Waals surface area contributed by atoms with Crippen molar-refractivity contribution in [1.29, 1.82) is 0 Å². The molecule has 0 saturated carbocycles. The number of aryl methyl sites for hydroxylation is 1. The molecule has 0 aliphatic rings. The number of benzene rings is 1. The van der Waals surface area contributed by atoms with Crippen LogP contribution < -0.4 is 5.73 Å². The van der Waals surface area contributed by atoms with E-state index in [1.54, 1.807) is 6.92 Å². The van der Waals surface area contributed by atoms with Gasteiger partial charge in [-0.3, -0.25) is 0 Å². The average Bonchev–Trinajstić information content (AvgIpc) is 2.65. The maximum atomic E-state index is 12.7. The van der Waals surface area contributed by atoms with E-state index in [2.05, 4.69) is 0 Å². The SMILES string of the molecule is CCn1cc(C(C)N)c2cc(C(F)(F)F)ccc21. The van der Waals surface area contributed by atoms with Crippen molar-refractivity contribution in [2.75, 3.05) is 0 Å². The molecule has 1 aromatic carbocycles. The standard InChI is InChI=1S/C13H15F3N2/c1-3-18-7-11(8(2)17)10-6-9(13(14,15)16)4-5-12(10)18/h4-8H,3,17H2,1-2H3. The van der Waals surface area contributed by atoms with E-state index in [0.717, 1.165) is 17.1 Å². The van der Waals surface area contributed by atoms with Crippen LogP contribution in [0.25, 0.3) is 10.9 Å². The number of nitrogens with two attached hydrogens (primary N) is 1. The Labute approximate surface area is 103 Å². The number of aromatic nitrogens is 1. The molecule has 1 heterocycles. The summed E-state index contributed by atoms with van der Waals surface area (Å²) in [6.07, 6.45) is -2.49. The molecule has 0 saturated heterocycles. The highest BCUT2D eigenvalue weighted by Crippen LogP contribution is 2.34. The summed E-state index contributed by atoms with van der Waals surface area (Å²) in [5.41, 5.74) is 6.72. The van der Waals surface area contributed by atoms with Crippen LogP contribution >= 0.6 is 0 Å². The van der Waals surface area contributed by atoms with E-state index in [1.807, 2.05) is 17.7 Å². The van der Waals surface area contributed by atoms with Crippen molar-refractivity contribution in [1.82, 2.24) is 4.57 Å². The number of hydrogen-bond donors (Lipinski definition) is 1. The summed E-state index contributed by atoms with van der Waals surface area (Å²) >= 11 is 0. The highest BCUT2D eigenvalue weighted by molar-refractivity contribution is 5.85. The number of fused-ring (bicyclic) bond motifs is 1. The van der Waals surface area contributed by atoms with Gasteiger partial charge in [0, 0.05) is 29.7 Å². The van der Waals surface area contributed by atoms with Gasteiger partial charge in [-0.2, -0.15) is 13.2 Å². The molecule has 0 bridgehead atoms. The molecule has 5 heteroatoms. The lowest BCUT2D eigenvalue weighted by molar-refractivity contribution is -0.137. The molecule has 0 aliphatic carbocycles. The normalized spacial score (nSPS) is 14.1. The molecule has 2 nitrogen and oxygen atoms in total. The summed E-state index contributed by atoms with van der Waals surface area (Å²) < 4.78 is 40.0. The van der Waals surface area contributed by atoms with Gasteiger partial charge in [-0.15, -0.1) is 0 Å². The first-order valence-electron chi connectivity index (χ1n) is 5.80. The average molecular weight is 256 g/mol. The third-order valence-corrected chi connectivity index (χ3v) is 3.07. The fourth-order valence-corrected chi connectivity index (χ4v) is 2.13. The zero-order chi connectivity index (χ0) is 13.5. The second-order valence-corrected chi connectivity index (χ2v) is 4.39. The zero-order valence-electron chi connectivity index (χ0n) is 10.3. The predicted octanol–water partition coefficient (Wildman–Crippen LogP) is 3.70. The first-order valence-corrected chi connectivity index (χ1v) is 5.80. The summed E-state index contributed by atoms with van der Waals surface area (Å²) in [5.74, 6) is 0. The van der Waals surface area contributed by atoms with Gasteiger partial charge in [0.05, 0.1) is 5.56 Å². The van der Waals surface area contributed by atoms with Crippen LogP contribution in [0.15, 0.2) is 24.4 Å². The Balaban J connectivity index is 2.71. The third kappa shape index (κ3) is 2.10. The molecule has 1 aromatic heterocycles. The summed E-state index contributed by atoms with van der Waals surface area (Å²) in [7, 11) is 0. The quantitative estimate of drug-likeness (QED) is 0.872. The maximum absolute atomic E-state index is 12.7. The number of alkyl halides is 3. The van der Waals surface area contributed by atoms with Gasteiger partial charge >= 0.3 is 6.18 Å². The van der Waals surface area contributed by atoms with Crippen molar-refractivity contribution in [3.8, 4) is 0 Å². The molecule has 1 unspecified atom stereocenters. The van der Waals surface area contributed by atoms with Crippen LogP contribution in [0.3, 0.4) is 0 Å². The molecular weight excluding hydrogens is 241 g/mol. The van der Waals surface area contributed by atoms with Crippen molar-refractivity contribution >= 4 is 10.9 Å². The summed E-state index contributed by atoms with van der Waals surface area (Å²) in [5, 5.41) is 0.585. The van der Waals surface area contributed by atoms with Gasteiger partial charge < -0.3 is 10.3 Å². The minimum absolute atomic E-state index is 0.288. The van der Waals surface area contributed by atoms with E-state index in [-0.39, 0.29) is 6.04 Å². The zero-order valence-corrected chi connectivity index (χ0v) is 10.3. The van der Waals surface area contributed by atoms with Crippen molar-refractivity contribution in [3.05, 3.63) is 35.5 Å². The van der Waals surface area contributed by atoms with Gasteiger partial charge in [-0.1, -0.05) is 0 Å². The molecule has 18 heavy (non-hydrogen) atoms. The summed E-state index contributed by atoms with van der Waals surface area (Å²) in [6.45, 7) is 4.42. The van der Waals surface area contributed by atoms with Gasteiger partial charge in [-0.05, 0) is 37.6 Å². The summed E-state index contributed by atoms with van der Waals surface area (Å²) in [6, 6.07) is 3.51. The van der Waals surface area contributed by atoms with E-state index >= 15 is 0 Å². The molecule has 0 fully saturated rings. The Morgan fingerprint density at radius 2 is 2.00 bits per heavy atom. The van der Waals surface area contributed by atoms with Crippen LogP contribution in [0.1, 0.15) is 31.0 Å². The first kappa shape index (κ1) is 13.0. The maximum Gasteiger partial charge on any atom is 0.416 e. The van der Waals surface area contributed by atoms with E-state index in [4.69, 9.17) is 5.73 Å². The van der Waals surface area contributed by atoms with Crippen molar-refractivity contribution in [3.63, 3.8) is 0 Å². The fourth-order valence-electron chi connectivity index (χ4n) is 2.13. The molecule has 98 valence electrons. The number of nitrogens with zero attached hydrogens (tertiary/aromatic N) is 1. The predicted molar refractivity (Wildman–Crippen MR) is 65.2 cm³/mol. The lowest BCUT2D eigenvalue weighted by Gasteiger charge is -2.08. The van der Waals surface area contributed by atoms with Gasteiger partial charge in [0.1, 0.15) is 0 Å². The molecule has 2 aromatic rings. The Hall–Kier alpha value is -1.49. The lowest BCUT2D eigenvalue weighted by Crippen LogP contribution is -2.06. The smallest absolute Gasteiger partial charge is 0.347 e. The van der Waals surface area contributed by atoms with Gasteiger partial charge in [0.25, 0.3) is 0 Å². The van der Waals surface area contributed by atoms with Crippen LogP contribution in [0, 0.1) is 0 Å². The molecule has 1 atom stereocenters. The van der Waals surface area contributed by atoms with E-state index in [0.29, 0.717) is 11.9 Å². The van der Waals surface area contributed by atoms with E-state index < -0.39 is 11.7 Å². The van der Waals surface area contributed by atoms with Crippen LogP contribution in [-0.2, 0) is 12.7 Å². The monoisotopic (exact) mass is 256 g/mol. The second kappa shape index (κ2) is 4.31. The summed E-state index contributed by atoms with van der Waals surface area (Å²) in [4.78, 5) is 0. The van der Waals surface area contributed by atoms with Crippen molar-refractivity contribution in [2.24, 2.45) is 5.73 Å². The molecule has 0 spiro atoms. The minimum Gasteiger partial charge on any atom is -0.347 e. The van der Waals surface area contributed by atoms with E-state index in [1.165, 1.54) is 12.1 Å². The van der Waals surface area contributed by atoms with Crippen LogP contribution in [0.2, 0.25) is 0 Å². The molecule has 2 rings (SSSR count). The molecule has 2 N–H and O–H groups in total. The van der Waals surface area contributed by atoms with E-state index in [9.17, 15) is 13.2 Å². The number of halogens is 3. The fraction of sp³-hybridized carbons (Fsp3) is 0.385. The van der Waals surface area contributed by atoms with Crippen LogP contribution in [0.4, 0.5) is 13.2 Å². The lowest BCUT2D eigenvalue weighted by atomic mass is 10.1. The number of hydrogen-bond acceptors (Lipinski definition) is 1. The Morgan fingerprint density at radius 1 is 1.33 bits per heavy atom. The minimum atomic E-state index is -4.32. The number of rotatable bonds is 2. The molecular formula is C13H15F3N2.